The second-order valence-corrected chi connectivity index (χ2v) is 10.1. The summed E-state index contributed by atoms with van der Waals surface area (Å²) in [5, 5.41) is 0. The Morgan fingerprint density at radius 2 is 1.70 bits per heavy atom. The summed E-state index contributed by atoms with van der Waals surface area (Å²) in [5.74, 6) is -0.416. The molecule has 1 unspecified atom stereocenters. The molecular formula is C23H26O8S2. The largest absolute Gasteiger partial charge is 0.468 e. The number of rotatable bonds is 10. The van der Waals surface area contributed by atoms with Crippen LogP contribution in [0.2, 0.25) is 0 Å². The molecule has 1 atom stereocenters. The summed E-state index contributed by atoms with van der Waals surface area (Å²) in [7, 11) is 0. The molecule has 0 saturated heterocycles. The molecule has 0 fully saturated rings. The van der Waals surface area contributed by atoms with Crippen molar-refractivity contribution in [3.05, 3.63) is 59.0 Å². The number of thioether (sulfide) groups is 2. The van der Waals surface area contributed by atoms with Crippen LogP contribution in [0.5, 0.6) is 0 Å². The highest BCUT2D eigenvalue weighted by atomic mass is 32.2. The molecule has 0 N–H and O–H groups in total. The molecule has 0 aliphatic carbocycles. The van der Waals surface area contributed by atoms with Gasteiger partial charge >= 0.3 is 17.9 Å². The van der Waals surface area contributed by atoms with Gasteiger partial charge in [0.15, 0.2) is 0 Å². The summed E-state index contributed by atoms with van der Waals surface area (Å²) in [5.41, 5.74) is -2.62. The lowest BCUT2D eigenvalue weighted by atomic mass is 9.97. The molecular weight excluding hydrogens is 468 g/mol. The monoisotopic (exact) mass is 494 g/mol. The van der Waals surface area contributed by atoms with Gasteiger partial charge in [0, 0.05) is 0 Å². The normalized spacial score (nSPS) is 18.4. The Morgan fingerprint density at radius 1 is 1.06 bits per heavy atom. The van der Waals surface area contributed by atoms with E-state index in [2.05, 4.69) is 0 Å². The van der Waals surface area contributed by atoms with Crippen molar-refractivity contribution < 1.29 is 37.4 Å². The second-order valence-electron chi connectivity index (χ2n) is 8.17. The SMILES string of the molecule is CCOC(=O)C1(CSCc2ccco2)OC(=O)C(OC(=O)C(C)(C)C)=C1SCc1ccco1. The number of hydrogen-bond donors (Lipinski definition) is 0. The zero-order valence-electron chi connectivity index (χ0n) is 18.9. The Hall–Kier alpha value is -2.59. The van der Waals surface area contributed by atoms with Crippen molar-refractivity contribution >= 4 is 41.4 Å². The fourth-order valence-electron chi connectivity index (χ4n) is 2.81. The van der Waals surface area contributed by atoms with Gasteiger partial charge in [-0.25, -0.2) is 9.59 Å². The third-order valence-corrected chi connectivity index (χ3v) is 6.84. The maximum absolute atomic E-state index is 13.2. The van der Waals surface area contributed by atoms with E-state index >= 15 is 0 Å². The van der Waals surface area contributed by atoms with Crippen LogP contribution >= 0.6 is 23.5 Å². The maximum Gasteiger partial charge on any atom is 0.376 e. The molecule has 2 aromatic rings. The van der Waals surface area contributed by atoms with Gasteiger partial charge in [-0.3, -0.25) is 4.79 Å². The smallest absolute Gasteiger partial charge is 0.376 e. The van der Waals surface area contributed by atoms with Crippen LogP contribution in [0.15, 0.2) is 56.3 Å². The number of furan rings is 2. The van der Waals surface area contributed by atoms with Crippen LogP contribution in [-0.4, -0.2) is 35.9 Å². The Kier molecular flexibility index (Phi) is 8.01. The molecule has 1 aliphatic rings. The van der Waals surface area contributed by atoms with Crippen LogP contribution in [0.1, 0.15) is 39.2 Å². The van der Waals surface area contributed by atoms with Gasteiger partial charge in [0.2, 0.25) is 5.76 Å². The summed E-state index contributed by atoms with van der Waals surface area (Å²) in [4.78, 5) is 38.8. The zero-order chi connectivity index (χ0) is 24.1. The lowest BCUT2D eigenvalue weighted by Crippen LogP contribution is -2.44. The molecule has 2 aromatic heterocycles. The van der Waals surface area contributed by atoms with Crippen LogP contribution < -0.4 is 0 Å². The van der Waals surface area contributed by atoms with E-state index in [9.17, 15) is 14.4 Å². The van der Waals surface area contributed by atoms with Gasteiger partial charge in [0.05, 0.1) is 46.7 Å². The summed E-state index contributed by atoms with van der Waals surface area (Å²) in [6.07, 6.45) is 3.08. The Morgan fingerprint density at radius 3 is 2.24 bits per heavy atom. The van der Waals surface area contributed by atoms with Gasteiger partial charge in [-0.1, -0.05) is 0 Å². The summed E-state index contributed by atoms with van der Waals surface area (Å²) in [6, 6.07) is 7.08. The number of hydrogen-bond acceptors (Lipinski definition) is 10. The molecule has 1 aliphatic heterocycles. The first-order chi connectivity index (χ1) is 15.7. The number of esters is 3. The predicted molar refractivity (Wildman–Crippen MR) is 123 cm³/mol. The van der Waals surface area contributed by atoms with Crippen molar-refractivity contribution in [1.82, 2.24) is 0 Å². The van der Waals surface area contributed by atoms with Crippen molar-refractivity contribution in [2.45, 2.75) is 44.8 Å². The first-order valence-corrected chi connectivity index (χ1v) is 12.4. The van der Waals surface area contributed by atoms with Crippen LogP contribution in [0.25, 0.3) is 0 Å². The van der Waals surface area contributed by atoms with Crippen LogP contribution in [0.4, 0.5) is 0 Å². The van der Waals surface area contributed by atoms with Crippen molar-refractivity contribution in [2.24, 2.45) is 5.41 Å². The highest BCUT2D eigenvalue weighted by Gasteiger charge is 2.57. The molecule has 0 spiro atoms. The van der Waals surface area contributed by atoms with E-state index in [1.165, 1.54) is 18.0 Å². The molecule has 33 heavy (non-hydrogen) atoms. The third-order valence-electron chi connectivity index (χ3n) is 4.51. The Bertz CT molecular complexity index is 1000. The fraction of sp³-hybridized carbons (Fsp3) is 0.435. The van der Waals surface area contributed by atoms with Crippen LogP contribution in [0.3, 0.4) is 0 Å². The first-order valence-electron chi connectivity index (χ1n) is 10.3. The molecule has 0 bridgehead atoms. The average molecular weight is 495 g/mol. The zero-order valence-corrected chi connectivity index (χ0v) is 20.5. The molecule has 0 aromatic carbocycles. The standard InChI is InChI=1S/C23H26O8S2/c1-5-27-21(26)23(14-32-12-15-8-6-10-28-15)18(33-13-16-9-7-11-29-16)17(19(24)31-23)30-20(25)22(2,3)4/h6-11H,5,12-14H2,1-4H3. The van der Waals surface area contributed by atoms with Gasteiger partial charge in [0.25, 0.3) is 5.60 Å². The second kappa shape index (κ2) is 10.6. The minimum absolute atomic E-state index is 0.0509. The van der Waals surface area contributed by atoms with E-state index in [4.69, 9.17) is 23.0 Å². The van der Waals surface area contributed by atoms with E-state index in [-0.39, 0.29) is 23.0 Å². The molecule has 3 rings (SSSR count). The van der Waals surface area contributed by atoms with Crippen molar-refractivity contribution in [2.75, 3.05) is 12.4 Å². The minimum Gasteiger partial charge on any atom is -0.468 e. The lowest BCUT2D eigenvalue weighted by molar-refractivity contribution is -0.170. The number of carbonyl (C=O) groups excluding carboxylic acids is 3. The summed E-state index contributed by atoms with van der Waals surface area (Å²) >= 11 is 2.47. The highest BCUT2D eigenvalue weighted by Crippen LogP contribution is 2.45. The highest BCUT2D eigenvalue weighted by molar-refractivity contribution is 8.02. The van der Waals surface area contributed by atoms with E-state index < -0.39 is 28.9 Å². The van der Waals surface area contributed by atoms with Crippen LogP contribution in [0, 0.1) is 5.41 Å². The van der Waals surface area contributed by atoms with Crippen molar-refractivity contribution in [3.63, 3.8) is 0 Å². The van der Waals surface area contributed by atoms with Gasteiger partial charge < -0.3 is 23.0 Å². The Labute approximate surface area is 200 Å². The Balaban J connectivity index is 1.97. The minimum atomic E-state index is -1.75. The molecule has 178 valence electrons. The van der Waals surface area contributed by atoms with Crippen molar-refractivity contribution in [1.29, 1.82) is 0 Å². The molecule has 3 heterocycles. The van der Waals surface area contributed by atoms with Gasteiger partial charge in [-0.15, -0.1) is 23.5 Å². The van der Waals surface area contributed by atoms with Gasteiger partial charge in [-0.2, -0.15) is 0 Å². The quantitative estimate of drug-likeness (QED) is 0.341. The number of carbonyl (C=O) groups is 3. The predicted octanol–water partition coefficient (Wildman–Crippen LogP) is 4.70. The fourth-order valence-corrected chi connectivity index (χ4v) is 5.11. The lowest BCUT2D eigenvalue weighted by Gasteiger charge is -2.27. The van der Waals surface area contributed by atoms with E-state index in [1.807, 2.05) is 6.07 Å². The topological polar surface area (TPSA) is 105 Å². The summed E-state index contributed by atoms with van der Waals surface area (Å²) < 4.78 is 27.1. The van der Waals surface area contributed by atoms with E-state index in [0.29, 0.717) is 23.0 Å². The average Bonchev–Trinajstić information content (AvgIpc) is 3.49. The first kappa shape index (κ1) is 25.0. The molecule has 0 saturated carbocycles. The van der Waals surface area contributed by atoms with Crippen LogP contribution in [-0.2, 0) is 40.1 Å². The maximum atomic E-state index is 13.2. The molecule has 10 heteroatoms. The van der Waals surface area contributed by atoms with Gasteiger partial charge in [-0.05, 0) is 52.0 Å². The van der Waals surface area contributed by atoms with Crippen molar-refractivity contribution in [3.8, 4) is 0 Å². The van der Waals surface area contributed by atoms with Gasteiger partial charge in [0.1, 0.15) is 11.5 Å². The number of ether oxygens (including phenoxy) is 3. The third kappa shape index (κ3) is 5.86. The summed E-state index contributed by atoms with van der Waals surface area (Å²) in [6.45, 7) is 6.77. The molecule has 0 amide bonds. The van der Waals surface area contributed by atoms with E-state index in [0.717, 1.165) is 11.8 Å². The molecule has 0 radical (unpaired) electrons. The molecule has 8 nitrogen and oxygen atoms in total. The number of cyclic esters (lactones) is 1. The van der Waals surface area contributed by atoms with E-state index in [1.54, 1.807) is 52.2 Å².